The van der Waals surface area contributed by atoms with Crippen LogP contribution < -0.4 is 0 Å². The van der Waals surface area contributed by atoms with Crippen molar-refractivity contribution in [1.82, 2.24) is 9.38 Å². The van der Waals surface area contributed by atoms with Crippen molar-refractivity contribution in [2.45, 2.75) is 4.90 Å². The smallest absolute Gasteiger partial charge is 0.137 e. The highest BCUT2D eigenvalue weighted by atomic mass is 32.2. The van der Waals surface area contributed by atoms with Crippen molar-refractivity contribution in [3.8, 4) is 22.6 Å². The topological polar surface area (TPSA) is 30.4 Å². The molecule has 0 bridgehead atoms. The van der Waals surface area contributed by atoms with Gasteiger partial charge in [0.2, 0.25) is 0 Å². The minimum atomic E-state index is 0.862. The number of hydrogen-bond acceptors (Lipinski definition) is 3. The highest BCUT2D eigenvalue weighted by Crippen LogP contribution is 2.25. The van der Waals surface area contributed by atoms with Crippen LogP contribution in [0.1, 0.15) is 0 Å². The number of hydrogen-bond donors (Lipinski definition) is 0. The van der Waals surface area contributed by atoms with Crippen molar-refractivity contribution in [3.05, 3.63) is 67.2 Å². The number of aromatic nitrogens is 2. The number of pyridine rings is 1. The van der Waals surface area contributed by atoms with E-state index in [1.54, 1.807) is 18.0 Å². The summed E-state index contributed by atoms with van der Waals surface area (Å²) in [5.41, 5.74) is 4.07. The predicted molar refractivity (Wildman–Crippen MR) is 90.1 cm³/mol. The summed E-state index contributed by atoms with van der Waals surface area (Å²) in [6.45, 7) is 0. The molecule has 1 aromatic carbocycles. The van der Waals surface area contributed by atoms with E-state index in [9.17, 15) is 0 Å². The van der Waals surface area contributed by atoms with Crippen molar-refractivity contribution < 1.29 is 4.42 Å². The normalized spacial score (nSPS) is 11.1. The molecule has 108 valence electrons. The van der Waals surface area contributed by atoms with Gasteiger partial charge in [-0.25, -0.2) is 4.98 Å². The van der Waals surface area contributed by atoms with Crippen LogP contribution >= 0.6 is 11.8 Å². The Balaban J connectivity index is 1.76. The van der Waals surface area contributed by atoms with E-state index in [4.69, 9.17) is 4.42 Å². The summed E-state index contributed by atoms with van der Waals surface area (Å²) >= 11 is 1.74. The highest BCUT2D eigenvalue weighted by molar-refractivity contribution is 7.98. The van der Waals surface area contributed by atoms with Crippen LogP contribution in [0.3, 0.4) is 0 Å². The van der Waals surface area contributed by atoms with Gasteiger partial charge >= 0.3 is 0 Å². The van der Waals surface area contributed by atoms with Crippen molar-refractivity contribution >= 4 is 17.4 Å². The minimum Gasteiger partial charge on any atom is -0.464 e. The summed E-state index contributed by atoms with van der Waals surface area (Å²) < 4.78 is 7.49. The predicted octanol–water partition coefficient (Wildman–Crippen LogP) is 4.98. The summed E-state index contributed by atoms with van der Waals surface area (Å²) in [6, 6.07) is 16.4. The molecule has 0 saturated heterocycles. The molecule has 0 aliphatic heterocycles. The molecule has 0 amide bonds. The fourth-order valence-electron chi connectivity index (χ4n) is 2.48. The van der Waals surface area contributed by atoms with Gasteiger partial charge in [0, 0.05) is 28.4 Å². The first kappa shape index (κ1) is 13.2. The Labute approximate surface area is 132 Å². The molecule has 3 heterocycles. The van der Waals surface area contributed by atoms with Crippen LogP contribution in [0, 0.1) is 0 Å². The molecule has 0 unspecified atom stereocenters. The second-order valence-corrected chi connectivity index (χ2v) is 5.89. The third kappa shape index (κ3) is 2.31. The lowest BCUT2D eigenvalue weighted by molar-refractivity contribution is 0.582. The Hall–Kier alpha value is -2.46. The number of furan rings is 1. The maximum Gasteiger partial charge on any atom is 0.137 e. The fraction of sp³-hybridized carbons (Fsp3) is 0.0556. The molecule has 0 fully saturated rings. The first-order chi connectivity index (χ1) is 10.8. The molecular weight excluding hydrogens is 292 g/mol. The van der Waals surface area contributed by atoms with E-state index in [0.29, 0.717) is 0 Å². The second-order valence-electron chi connectivity index (χ2n) is 5.02. The van der Waals surface area contributed by atoms with Gasteiger partial charge in [-0.2, -0.15) is 0 Å². The summed E-state index contributed by atoms with van der Waals surface area (Å²) in [6.07, 6.45) is 7.86. The van der Waals surface area contributed by atoms with E-state index in [1.165, 1.54) is 4.90 Å². The molecule has 0 N–H and O–H groups in total. The molecule has 3 aromatic heterocycles. The molecule has 3 nitrogen and oxygen atoms in total. The van der Waals surface area contributed by atoms with Crippen LogP contribution in [-0.4, -0.2) is 15.6 Å². The monoisotopic (exact) mass is 306 g/mol. The maximum absolute atomic E-state index is 5.45. The number of imidazole rings is 1. The summed E-state index contributed by atoms with van der Waals surface area (Å²) in [5.74, 6) is 0.862. The first-order valence-electron chi connectivity index (χ1n) is 7.00. The Morgan fingerprint density at radius 2 is 1.77 bits per heavy atom. The van der Waals surface area contributed by atoms with Gasteiger partial charge in [-0.05, 0) is 42.7 Å². The van der Waals surface area contributed by atoms with Gasteiger partial charge in [0.15, 0.2) is 0 Å². The summed E-state index contributed by atoms with van der Waals surface area (Å²) in [5, 5.41) is 0. The zero-order valence-corrected chi connectivity index (χ0v) is 12.9. The SMILES string of the molecule is CSc1ccc(-c2cn3cc(-c4ccco4)ccc3n2)cc1. The van der Waals surface area contributed by atoms with Crippen LogP contribution in [0.2, 0.25) is 0 Å². The number of fused-ring (bicyclic) bond motifs is 1. The fourth-order valence-corrected chi connectivity index (χ4v) is 2.89. The number of benzene rings is 1. The lowest BCUT2D eigenvalue weighted by Crippen LogP contribution is -1.83. The first-order valence-corrected chi connectivity index (χ1v) is 8.23. The van der Waals surface area contributed by atoms with Crippen molar-refractivity contribution in [2.24, 2.45) is 0 Å². The largest absolute Gasteiger partial charge is 0.464 e. The quantitative estimate of drug-likeness (QED) is 0.500. The van der Waals surface area contributed by atoms with E-state index >= 15 is 0 Å². The minimum absolute atomic E-state index is 0.862. The van der Waals surface area contributed by atoms with E-state index < -0.39 is 0 Å². The van der Waals surface area contributed by atoms with Crippen molar-refractivity contribution in [2.75, 3.05) is 6.26 Å². The van der Waals surface area contributed by atoms with Crippen LogP contribution in [0.15, 0.2) is 76.5 Å². The molecule has 0 aliphatic rings. The van der Waals surface area contributed by atoms with Crippen LogP contribution in [-0.2, 0) is 0 Å². The molecule has 0 radical (unpaired) electrons. The van der Waals surface area contributed by atoms with Gasteiger partial charge < -0.3 is 8.82 Å². The van der Waals surface area contributed by atoms with E-state index in [0.717, 1.165) is 28.2 Å². The summed E-state index contributed by atoms with van der Waals surface area (Å²) in [7, 11) is 0. The number of rotatable bonds is 3. The molecule has 22 heavy (non-hydrogen) atoms. The van der Waals surface area contributed by atoms with Crippen LogP contribution in [0.25, 0.3) is 28.2 Å². The van der Waals surface area contributed by atoms with E-state index in [2.05, 4.69) is 41.7 Å². The van der Waals surface area contributed by atoms with E-state index in [-0.39, 0.29) is 0 Å². The molecule has 0 atom stereocenters. The van der Waals surface area contributed by atoms with Gasteiger partial charge in [-0.3, -0.25) is 0 Å². The second kappa shape index (κ2) is 5.39. The summed E-state index contributed by atoms with van der Waals surface area (Å²) in [4.78, 5) is 5.94. The molecule has 0 aliphatic carbocycles. The van der Waals surface area contributed by atoms with Gasteiger partial charge in [0.25, 0.3) is 0 Å². The Morgan fingerprint density at radius 1 is 0.955 bits per heavy atom. The van der Waals surface area contributed by atoms with Gasteiger partial charge in [-0.15, -0.1) is 11.8 Å². The molecule has 0 spiro atoms. The van der Waals surface area contributed by atoms with Crippen LogP contribution in [0.4, 0.5) is 0 Å². The highest BCUT2D eigenvalue weighted by Gasteiger charge is 2.07. The van der Waals surface area contributed by atoms with E-state index in [1.807, 2.05) is 34.9 Å². The molecule has 4 aromatic rings. The van der Waals surface area contributed by atoms with Gasteiger partial charge in [-0.1, -0.05) is 12.1 Å². The van der Waals surface area contributed by atoms with Crippen molar-refractivity contribution in [1.29, 1.82) is 0 Å². The Bertz CT molecular complexity index is 908. The average Bonchev–Trinajstić information content (AvgIpc) is 3.23. The Kier molecular flexibility index (Phi) is 3.24. The van der Waals surface area contributed by atoms with Gasteiger partial charge in [0.05, 0.1) is 12.0 Å². The lowest BCUT2D eigenvalue weighted by atomic mass is 10.2. The van der Waals surface area contributed by atoms with Crippen LogP contribution in [0.5, 0.6) is 0 Å². The lowest BCUT2D eigenvalue weighted by Gasteiger charge is -1.98. The standard InChI is InChI=1S/C18H14N2OS/c1-22-15-7-4-13(5-8-15)16-12-20-11-14(6-9-18(20)19-16)17-3-2-10-21-17/h2-12H,1H3. The third-order valence-corrected chi connectivity index (χ3v) is 4.39. The number of nitrogens with zero attached hydrogens (tertiary/aromatic N) is 2. The maximum atomic E-state index is 5.45. The Morgan fingerprint density at radius 3 is 2.50 bits per heavy atom. The third-order valence-electron chi connectivity index (χ3n) is 3.64. The molecule has 0 saturated carbocycles. The van der Waals surface area contributed by atoms with Gasteiger partial charge in [0.1, 0.15) is 11.4 Å². The number of thioether (sulfide) groups is 1. The zero-order chi connectivity index (χ0) is 14.9. The molecule has 4 heteroatoms. The average molecular weight is 306 g/mol. The van der Waals surface area contributed by atoms with Crippen molar-refractivity contribution in [3.63, 3.8) is 0 Å². The molecule has 4 rings (SSSR count). The molecular formula is C18H14N2OS. The zero-order valence-electron chi connectivity index (χ0n) is 12.1.